The van der Waals surface area contributed by atoms with E-state index in [1.54, 1.807) is 0 Å². The molecule has 0 aliphatic carbocycles. The largest absolute Gasteiger partial charge is 0.481 e. The van der Waals surface area contributed by atoms with E-state index in [1.165, 1.54) is 12.8 Å². The number of aliphatic hydroxyl groups excluding tert-OH is 1. The number of hydrogen-bond acceptors (Lipinski definition) is 4. The van der Waals surface area contributed by atoms with E-state index in [9.17, 15) is 9.90 Å². The smallest absolute Gasteiger partial charge is 0.307 e. The van der Waals surface area contributed by atoms with Crippen LogP contribution in [-0.2, 0) is 17.8 Å². The molecule has 0 radical (unpaired) electrons. The van der Waals surface area contributed by atoms with Crippen molar-refractivity contribution in [2.45, 2.75) is 31.8 Å². The maximum absolute atomic E-state index is 10.9. The average molecular weight is 292 g/mol. The summed E-state index contributed by atoms with van der Waals surface area (Å²) in [5.41, 5.74) is 1.89. The highest BCUT2D eigenvalue weighted by Crippen LogP contribution is 2.14. The van der Waals surface area contributed by atoms with Gasteiger partial charge in [-0.2, -0.15) is 0 Å². The van der Waals surface area contributed by atoms with Crippen LogP contribution in [0.1, 0.15) is 24.0 Å². The number of carboxylic acid groups (broad SMARTS) is 1. The molecule has 0 bridgehead atoms. The summed E-state index contributed by atoms with van der Waals surface area (Å²) >= 11 is 0. The molecule has 1 fully saturated rings. The second-order valence-corrected chi connectivity index (χ2v) is 5.59. The third-order valence-electron chi connectivity index (χ3n) is 3.91. The van der Waals surface area contributed by atoms with E-state index in [0.29, 0.717) is 19.1 Å². The molecule has 5 heteroatoms. The summed E-state index contributed by atoms with van der Waals surface area (Å²) in [4.78, 5) is 13.1. The standard InChI is InChI=1S/C16H24N2O3/c19-9-8-18(12-15-6-3-7-17-15)11-14-5-2-1-4-13(14)10-16(20)21/h1-2,4-5,15,17,19H,3,6-12H2,(H,20,21). The van der Waals surface area contributed by atoms with E-state index >= 15 is 0 Å². The number of aliphatic carboxylic acids is 1. The lowest BCUT2D eigenvalue weighted by atomic mass is 10.0. The highest BCUT2D eigenvalue weighted by atomic mass is 16.4. The lowest BCUT2D eigenvalue weighted by Crippen LogP contribution is -2.38. The van der Waals surface area contributed by atoms with Gasteiger partial charge in [-0.05, 0) is 30.5 Å². The molecule has 5 nitrogen and oxygen atoms in total. The highest BCUT2D eigenvalue weighted by Gasteiger charge is 2.18. The van der Waals surface area contributed by atoms with Crippen molar-refractivity contribution >= 4 is 5.97 Å². The summed E-state index contributed by atoms with van der Waals surface area (Å²) in [5.74, 6) is -0.811. The van der Waals surface area contributed by atoms with Gasteiger partial charge in [0.25, 0.3) is 0 Å². The molecule has 116 valence electrons. The van der Waals surface area contributed by atoms with Gasteiger partial charge in [0.2, 0.25) is 0 Å². The maximum Gasteiger partial charge on any atom is 0.307 e. The van der Waals surface area contributed by atoms with Crippen molar-refractivity contribution in [1.82, 2.24) is 10.2 Å². The zero-order valence-corrected chi connectivity index (χ0v) is 12.3. The van der Waals surface area contributed by atoms with Gasteiger partial charge in [-0.25, -0.2) is 0 Å². The molecular formula is C16H24N2O3. The summed E-state index contributed by atoms with van der Waals surface area (Å²) in [7, 11) is 0. The molecule has 1 heterocycles. The van der Waals surface area contributed by atoms with E-state index in [0.717, 1.165) is 24.2 Å². The van der Waals surface area contributed by atoms with Gasteiger partial charge in [-0.15, -0.1) is 0 Å². The van der Waals surface area contributed by atoms with E-state index < -0.39 is 5.97 Å². The van der Waals surface area contributed by atoms with Gasteiger partial charge in [0.05, 0.1) is 13.0 Å². The second-order valence-electron chi connectivity index (χ2n) is 5.59. The molecule has 3 N–H and O–H groups in total. The van der Waals surface area contributed by atoms with Gasteiger partial charge in [0.15, 0.2) is 0 Å². The Morgan fingerprint density at radius 2 is 2.10 bits per heavy atom. The first-order valence-electron chi connectivity index (χ1n) is 7.54. The van der Waals surface area contributed by atoms with Crippen LogP contribution in [0.4, 0.5) is 0 Å². The van der Waals surface area contributed by atoms with Crippen LogP contribution in [0.5, 0.6) is 0 Å². The number of benzene rings is 1. The van der Waals surface area contributed by atoms with Gasteiger partial charge in [0, 0.05) is 25.7 Å². The third-order valence-corrected chi connectivity index (χ3v) is 3.91. The maximum atomic E-state index is 10.9. The van der Waals surface area contributed by atoms with Gasteiger partial charge < -0.3 is 15.5 Å². The lowest BCUT2D eigenvalue weighted by Gasteiger charge is -2.25. The van der Waals surface area contributed by atoms with Gasteiger partial charge >= 0.3 is 5.97 Å². The molecule has 21 heavy (non-hydrogen) atoms. The number of rotatable bonds is 8. The van der Waals surface area contributed by atoms with Crippen LogP contribution in [0.2, 0.25) is 0 Å². The van der Waals surface area contributed by atoms with E-state index in [2.05, 4.69) is 10.2 Å². The van der Waals surface area contributed by atoms with Gasteiger partial charge in [-0.3, -0.25) is 9.69 Å². The predicted octanol–water partition coefficient (Wildman–Crippen LogP) is 0.860. The summed E-state index contributed by atoms with van der Waals surface area (Å²) in [5, 5.41) is 21.7. The third kappa shape index (κ3) is 5.12. The van der Waals surface area contributed by atoms with E-state index in [1.807, 2.05) is 24.3 Å². The molecule has 1 aliphatic heterocycles. The molecular weight excluding hydrogens is 268 g/mol. The van der Waals surface area contributed by atoms with Crippen molar-refractivity contribution in [2.24, 2.45) is 0 Å². The second kappa shape index (κ2) is 8.12. The average Bonchev–Trinajstić information content (AvgIpc) is 2.93. The van der Waals surface area contributed by atoms with Crippen molar-refractivity contribution in [3.8, 4) is 0 Å². The van der Waals surface area contributed by atoms with Crippen molar-refractivity contribution < 1.29 is 15.0 Å². The SMILES string of the molecule is O=C(O)Cc1ccccc1CN(CCO)CC1CCCN1. The van der Waals surface area contributed by atoms with Gasteiger partial charge in [-0.1, -0.05) is 24.3 Å². The van der Waals surface area contributed by atoms with Crippen LogP contribution in [0.25, 0.3) is 0 Å². The van der Waals surface area contributed by atoms with Crippen molar-refractivity contribution in [3.05, 3.63) is 35.4 Å². The van der Waals surface area contributed by atoms with Crippen molar-refractivity contribution in [3.63, 3.8) is 0 Å². The normalized spacial score (nSPS) is 18.3. The summed E-state index contributed by atoms with van der Waals surface area (Å²) in [6, 6.07) is 8.13. The van der Waals surface area contributed by atoms with Crippen LogP contribution >= 0.6 is 0 Å². The number of carbonyl (C=O) groups is 1. The molecule has 0 saturated carbocycles. The quantitative estimate of drug-likeness (QED) is 0.663. The minimum Gasteiger partial charge on any atom is -0.481 e. The number of carboxylic acids is 1. The van der Waals surface area contributed by atoms with Crippen LogP contribution in [-0.4, -0.2) is 53.4 Å². The zero-order chi connectivity index (χ0) is 15.1. The summed E-state index contributed by atoms with van der Waals surface area (Å²) < 4.78 is 0. The number of hydrogen-bond donors (Lipinski definition) is 3. The van der Waals surface area contributed by atoms with E-state index in [-0.39, 0.29) is 13.0 Å². The Bertz CT molecular complexity index is 459. The Labute approximate surface area is 125 Å². The van der Waals surface area contributed by atoms with Crippen LogP contribution < -0.4 is 5.32 Å². The fourth-order valence-electron chi connectivity index (χ4n) is 2.89. The Hall–Kier alpha value is -1.43. The fourth-order valence-corrected chi connectivity index (χ4v) is 2.89. The lowest BCUT2D eigenvalue weighted by molar-refractivity contribution is -0.136. The molecule has 1 aliphatic rings. The summed E-state index contributed by atoms with van der Waals surface area (Å²) in [6.45, 7) is 3.37. The Morgan fingerprint density at radius 1 is 1.33 bits per heavy atom. The molecule has 0 spiro atoms. The molecule has 1 aromatic rings. The molecule has 1 unspecified atom stereocenters. The molecule has 0 aromatic heterocycles. The molecule has 1 saturated heterocycles. The fraction of sp³-hybridized carbons (Fsp3) is 0.562. The number of nitrogens with zero attached hydrogens (tertiary/aromatic N) is 1. The van der Waals surface area contributed by atoms with Gasteiger partial charge in [0.1, 0.15) is 0 Å². The Kier molecular flexibility index (Phi) is 6.17. The summed E-state index contributed by atoms with van der Waals surface area (Å²) in [6.07, 6.45) is 2.41. The van der Waals surface area contributed by atoms with E-state index in [4.69, 9.17) is 5.11 Å². The number of nitrogens with one attached hydrogen (secondary N) is 1. The molecule has 0 amide bonds. The molecule has 1 atom stereocenters. The predicted molar refractivity (Wildman–Crippen MR) is 81.2 cm³/mol. The minimum atomic E-state index is -0.811. The van der Waals surface area contributed by atoms with Crippen LogP contribution in [0.15, 0.2) is 24.3 Å². The first-order chi connectivity index (χ1) is 10.2. The van der Waals surface area contributed by atoms with Crippen LogP contribution in [0.3, 0.4) is 0 Å². The van der Waals surface area contributed by atoms with Crippen molar-refractivity contribution in [1.29, 1.82) is 0 Å². The first kappa shape index (κ1) is 15.9. The molecule has 2 rings (SSSR count). The zero-order valence-electron chi connectivity index (χ0n) is 12.3. The molecule has 1 aromatic carbocycles. The highest BCUT2D eigenvalue weighted by molar-refractivity contribution is 5.70. The topological polar surface area (TPSA) is 72.8 Å². The Morgan fingerprint density at radius 3 is 2.71 bits per heavy atom. The monoisotopic (exact) mass is 292 g/mol. The Balaban J connectivity index is 2.03. The van der Waals surface area contributed by atoms with Crippen LogP contribution in [0, 0.1) is 0 Å². The minimum absolute atomic E-state index is 0.0464. The van der Waals surface area contributed by atoms with Crippen molar-refractivity contribution in [2.75, 3.05) is 26.2 Å². The first-order valence-corrected chi connectivity index (χ1v) is 7.54. The number of aliphatic hydroxyl groups is 1.